The Labute approximate surface area is 138 Å². The van der Waals surface area contributed by atoms with Crippen LogP contribution in [0.15, 0.2) is 36.4 Å². The smallest absolute Gasteiger partial charge is 0.255 e. The molecule has 1 amide bonds. The zero-order chi connectivity index (χ0) is 15.6. The van der Waals surface area contributed by atoms with E-state index in [-0.39, 0.29) is 5.91 Å². The van der Waals surface area contributed by atoms with Gasteiger partial charge in [0, 0.05) is 29.3 Å². The predicted molar refractivity (Wildman–Crippen MR) is 88.1 cm³/mol. The summed E-state index contributed by atoms with van der Waals surface area (Å²) >= 11 is 18.0. The van der Waals surface area contributed by atoms with Gasteiger partial charge >= 0.3 is 0 Å². The number of nitrogen functional groups attached to an aromatic ring is 1. The largest absolute Gasteiger partial charge is 0.399 e. The number of carbonyl (C=O) groups excluding carboxylic acids is 1. The van der Waals surface area contributed by atoms with Gasteiger partial charge in [0.1, 0.15) is 0 Å². The molecule has 0 fully saturated rings. The summed E-state index contributed by atoms with van der Waals surface area (Å²) < 4.78 is 0. The monoisotopic (exact) mass is 342 g/mol. The van der Waals surface area contributed by atoms with Crippen LogP contribution >= 0.6 is 34.8 Å². The van der Waals surface area contributed by atoms with Crippen LogP contribution in [0.4, 0.5) is 5.69 Å². The standard InChI is InChI=1S/C15H13Cl3N2O/c1-20(8-9-4-10(16)6-11(17)5-9)15(21)13-3-2-12(19)7-14(13)18/h2-7H,8,19H2,1H3. The normalized spacial score (nSPS) is 10.5. The highest BCUT2D eigenvalue weighted by Crippen LogP contribution is 2.23. The molecule has 0 aromatic heterocycles. The van der Waals surface area contributed by atoms with Gasteiger partial charge in [-0.15, -0.1) is 0 Å². The molecule has 0 aliphatic heterocycles. The molecule has 0 aliphatic rings. The molecule has 0 spiro atoms. The lowest BCUT2D eigenvalue weighted by Gasteiger charge is -2.18. The number of halogens is 3. The van der Waals surface area contributed by atoms with E-state index in [9.17, 15) is 4.79 Å². The third-order valence-corrected chi connectivity index (χ3v) is 3.66. The van der Waals surface area contributed by atoms with Gasteiger partial charge in [-0.25, -0.2) is 0 Å². The highest BCUT2D eigenvalue weighted by molar-refractivity contribution is 6.35. The fraction of sp³-hybridized carbons (Fsp3) is 0.133. The van der Waals surface area contributed by atoms with E-state index < -0.39 is 0 Å². The molecular weight excluding hydrogens is 331 g/mol. The molecular formula is C15H13Cl3N2O. The minimum Gasteiger partial charge on any atom is -0.399 e. The number of benzene rings is 2. The molecule has 110 valence electrons. The summed E-state index contributed by atoms with van der Waals surface area (Å²) in [6.45, 7) is 0.375. The first kappa shape index (κ1) is 16.0. The Morgan fingerprint density at radius 3 is 2.29 bits per heavy atom. The third kappa shape index (κ3) is 4.03. The van der Waals surface area contributed by atoms with Crippen LogP contribution < -0.4 is 5.73 Å². The second-order valence-corrected chi connectivity index (χ2v) is 5.96. The first-order valence-electron chi connectivity index (χ1n) is 6.12. The molecule has 2 aromatic carbocycles. The van der Waals surface area contributed by atoms with E-state index >= 15 is 0 Å². The van der Waals surface area contributed by atoms with Crippen molar-refractivity contribution in [2.45, 2.75) is 6.54 Å². The number of amides is 1. The lowest BCUT2D eigenvalue weighted by molar-refractivity contribution is 0.0785. The van der Waals surface area contributed by atoms with Crippen molar-refractivity contribution in [3.63, 3.8) is 0 Å². The maximum absolute atomic E-state index is 12.4. The Balaban J connectivity index is 2.19. The van der Waals surface area contributed by atoms with Gasteiger partial charge < -0.3 is 10.6 Å². The number of hydrogen-bond acceptors (Lipinski definition) is 2. The topological polar surface area (TPSA) is 46.3 Å². The summed E-state index contributed by atoms with van der Waals surface area (Å²) in [5.74, 6) is -0.198. The van der Waals surface area contributed by atoms with Gasteiger partial charge in [-0.3, -0.25) is 4.79 Å². The third-order valence-electron chi connectivity index (χ3n) is 2.91. The van der Waals surface area contributed by atoms with Crippen LogP contribution in [0.5, 0.6) is 0 Å². The number of hydrogen-bond donors (Lipinski definition) is 1. The van der Waals surface area contributed by atoms with Crippen molar-refractivity contribution in [1.82, 2.24) is 4.90 Å². The first-order chi connectivity index (χ1) is 9.86. The molecule has 6 heteroatoms. The van der Waals surface area contributed by atoms with Crippen LogP contribution in [0.2, 0.25) is 15.1 Å². The van der Waals surface area contributed by atoms with E-state index in [4.69, 9.17) is 40.5 Å². The lowest BCUT2D eigenvalue weighted by Crippen LogP contribution is -2.26. The molecule has 3 nitrogen and oxygen atoms in total. The summed E-state index contributed by atoms with van der Waals surface area (Å²) in [6, 6.07) is 9.98. The molecule has 2 N–H and O–H groups in total. The van der Waals surface area contributed by atoms with Gasteiger partial charge in [-0.05, 0) is 42.0 Å². The summed E-state index contributed by atoms with van der Waals surface area (Å²) in [5, 5.41) is 1.39. The minimum atomic E-state index is -0.198. The minimum absolute atomic E-state index is 0.198. The van der Waals surface area contributed by atoms with Crippen molar-refractivity contribution in [1.29, 1.82) is 0 Å². The number of rotatable bonds is 3. The molecule has 0 heterocycles. The van der Waals surface area contributed by atoms with Crippen molar-refractivity contribution < 1.29 is 4.79 Å². The van der Waals surface area contributed by atoms with Gasteiger partial charge in [0.25, 0.3) is 5.91 Å². The number of nitrogens with two attached hydrogens (primary N) is 1. The van der Waals surface area contributed by atoms with Crippen molar-refractivity contribution >= 4 is 46.4 Å². The van der Waals surface area contributed by atoms with E-state index in [0.717, 1.165) is 5.56 Å². The quantitative estimate of drug-likeness (QED) is 0.834. The van der Waals surface area contributed by atoms with Crippen LogP contribution in [0, 0.1) is 0 Å². The van der Waals surface area contributed by atoms with Gasteiger partial charge in [0.15, 0.2) is 0 Å². The van der Waals surface area contributed by atoms with Crippen molar-refractivity contribution in [2.24, 2.45) is 0 Å². The van der Waals surface area contributed by atoms with Gasteiger partial charge in [0.2, 0.25) is 0 Å². The maximum Gasteiger partial charge on any atom is 0.255 e. The molecule has 2 aromatic rings. The lowest BCUT2D eigenvalue weighted by atomic mass is 10.1. The Morgan fingerprint density at radius 2 is 1.71 bits per heavy atom. The van der Waals surface area contributed by atoms with Crippen molar-refractivity contribution in [2.75, 3.05) is 12.8 Å². The average Bonchev–Trinajstić information content (AvgIpc) is 2.36. The maximum atomic E-state index is 12.4. The molecule has 0 saturated carbocycles. The van der Waals surface area contributed by atoms with Crippen LogP contribution in [0.3, 0.4) is 0 Å². The van der Waals surface area contributed by atoms with Crippen molar-refractivity contribution in [3.05, 3.63) is 62.6 Å². The Bertz CT molecular complexity index is 668. The van der Waals surface area contributed by atoms with Crippen LogP contribution in [0.1, 0.15) is 15.9 Å². The number of carbonyl (C=O) groups is 1. The van der Waals surface area contributed by atoms with Gasteiger partial charge in [-0.2, -0.15) is 0 Å². The zero-order valence-electron chi connectivity index (χ0n) is 11.2. The number of nitrogens with zero attached hydrogens (tertiary/aromatic N) is 1. The second-order valence-electron chi connectivity index (χ2n) is 4.68. The summed E-state index contributed by atoms with van der Waals surface area (Å²) in [7, 11) is 1.68. The zero-order valence-corrected chi connectivity index (χ0v) is 13.5. The fourth-order valence-corrected chi connectivity index (χ4v) is 2.80. The highest BCUT2D eigenvalue weighted by atomic mass is 35.5. The van der Waals surface area contributed by atoms with Crippen molar-refractivity contribution in [3.8, 4) is 0 Å². The van der Waals surface area contributed by atoms with Crippen LogP contribution in [0.25, 0.3) is 0 Å². The molecule has 0 bridgehead atoms. The number of anilines is 1. The summed E-state index contributed by atoms with van der Waals surface area (Å²) in [4.78, 5) is 13.9. The van der Waals surface area contributed by atoms with Gasteiger partial charge in [0.05, 0.1) is 10.6 Å². The van der Waals surface area contributed by atoms with Gasteiger partial charge in [-0.1, -0.05) is 34.8 Å². The molecule has 0 saturated heterocycles. The molecule has 21 heavy (non-hydrogen) atoms. The SMILES string of the molecule is CN(Cc1cc(Cl)cc(Cl)c1)C(=O)c1ccc(N)cc1Cl. The molecule has 0 aliphatic carbocycles. The van der Waals surface area contributed by atoms with E-state index in [2.05, 4.69) is 0 Å². The Morgan fingerprint density at radius 1 is 1.10 bits per heavy atom. The van der Waals surface area contributed by atoms with E-state index in [1.807, 2.05) is 0 Å². The molecule has 2 rings (SSSR count). The van der Waals surface area contributed by atoms with E-state index in [1.165, 1.54) is 0 Å². The summed E-state index contributed by atoms with van der Waals surface area (Å²) in [5.41, 5.74) is 7.38. The van der Waals surface area contributed by atoms with E-state index in [0.29, 0.717) is 32.9 Å². The van der Waals surface area contributed by atoms with Crippen LogP contribution in [-0.4, -0.2) is 17.9 Å². The predicted octanol–water partition coefficient (Wildman–Crippen LogP) is 4.50. The van der Waals surface area contributed by atoms with E-state index in [1.54, 1.807) is 48.3 Å². The molecule has 0 radical (unpaired) electrons. The van der Waals surface area contributed by atoms with Crippen LogP contribution in [-0.2, 0) is 6.54 Å². The first-order valence-corrected chi connectivity index (χ1v) is 7.25. The fourth-order valence-electron chi connectivity index (χ4n) is 1.96. The summed E-state index contributed by atoms with van der Waals surface area (Å²) in [6.07, 6.45) is 0. The highest BCUT2D eigenvalue weighted by Gasteiger charge is 2.15. The average molecular weight is 344 g/mol. The molecule has 0 atom stereocenters. The Kier molecular flexibility index (Phi) is 4.99. The second kappa shape index (κ2) is 6.56. The molecule has 0 unspecified atom stereocenters. The Hall–Kier alpha value is -1.42.